The molecule has 24 heavy (non-hydrogen) atoms. The number of aromatic nitrogens is 3. The Balaban J connectivity index is 0. The third-order valence-electron chi connectivity index (χ3n) is 3.32. The Kier molecular flexibility index (Phi) is 12.9. The quantitative estimate of drug-likeness (QED) is 0.829. The van der Waals surface area contributed by atoms with E-state index in [0.717, 1.165) is 43.3 Å². The van der Waals surface area contributed by atoms with Gasteiger partial charge in [0.25, 0.3) is 0 Å². The molecule has 0 aliphatic carbocycles. The van der Waals surface area contributed by atoms with Crippen LogP contribution in [0.4, 0.5) is 5.82 Å². The lowest BCUT2D eigenvalue weighted by Gasteiger charge is -2.29. The lowest BCUT2D eigenvalue weighted by atomic mass is 10.1. The smallest absolute Gasteiger partial charge is 0.232 e. The minimum atomic E-state index is 0. The molecule has 10 heteroatoms. The summed E-state index contributed by atoms with van der Waals surface area (Å²) in [4.78, 5) is 15.4. The summed E-state index contributed by atoms with van der Waals surface area (Å²) >= 11 is 0. The highest BCUT2D eigenvalue weighted by Gasteiger charge is 2.16. The maximum Gasteiger partial charge on any atom is 0.232 e. The molecule has 0 atom stereocenters. The number of methoxy groups -OCH3 is 1. The lowest BCUT2D eigenvalue weighted by molar-refractivity contribution is 0.396. The van der Waals surface area contributed by atoms with Crippen LogP contribution < -0.4 is 15.0 Å². The van der Waals surface area contributed by atoms with E-state index in [1.54, 1.807) is 19.5 Å². The van der Waals surface area contributed by atoms with Gasteiger partial charge in [-0.05, 0) is 12.1 Å². The molecule has 0 amide bonds. The molecule has 0 radical (unpaired) electrons. The predicted molar refractivity (Wildman–Crippen MR) is 106 cm³/mol. The van der Waals surface area contributed by atoms with E-state index in [4.69, 9.17) is 4.74 Å². The summed E-state index contributed by atoms with van der Waals surface area (Å²) in [5, 5.41) is 3.34. The van der Waals surface area contributed by atoms with Crippen LogP contribution in [0.25, 0.3) is 11.3 Å². The molecule has 1 saturated heterocycles. The first-order chi connectivity index (χ1) is 9.88. The topological polar surface area (TPSA) is 63.2 Å². The van der Waals surface area contributed by atoms with Crippen molar-refractivity contribution in [2.75, 3.05) is 38.2 Å². The van der Waals surface area contributed by atoms with Crippen molar-refractivity contribution < 1.29 is 4.74 Å². The monoisotopic (exact) mass is 415 g/mol. The maximum absolute atomic E-state index is 5.04. The molecule has 1 aliphatic heterocycles. The summed E-state index contributed by atoms with van der Waals surface area (Å²) in [5.74, 6) is 1.48. The molecule has 0 aromatic carbocycles. The van der Waals surface area contributed by atoms with Gasteiger partial charge in [-0.3, -0.25) is 0 Å². The highest BCUT2D eigenvalue weighted by Crippen LogP contribution is 2.27. The molecule has 1 aliphatic rings. The molecule has 2 aromatic rings. The van der Waals surface area contributed by atoms with Crippen LogP contribution in [0.5, 0.6) is 5.88 Å². The van der Waals surface area contributed by atoms with Gasteiger partial charge in [-0.1, -0.05) is 0 Å². The van der Waals surface area contributed by atoms with Crippen LogP contribution in [0.3, 0.4) is 0 Å². The molecule has 3 rings (SSSR count). The number of piperazine rings is 1. The lowest BCUT2D eigenvalue weighted by Crippen LogP contribution is -2.44. The van der Waals surface area contributed by atoms with Crippen LogP contribution in [0.1, 0.15) is 0 Å². The van der Waals surface area contributed by atoms with Crippen molar-refractivity contribution in [2.24, 2.45) is 0 Å². The Morgan fingerprint density at radius 3 is 2.29 bits per heavy atom. The number of hydrogen-bond acceptors (Lipinski definition) is 6. The highest BCUT2D eigenvalue weighted by atomic mass is 35.5. The highest BCUT2D eigenvalue weighted by molar-refractivity contribution is 5.86. The summed E-state index contributed by atoms with van der Waals surface area (Å²) in [6.45, 7) is 3.86. The summed E-state index contributed by atoms with van der Waals surface area (Å²) in [6.07, 6.45) is 5.17. The predicted octanol–water partition coefficient (Wildman–Crippen LogP) is 2.64. The summed E-state index contributed by atoms with van der Waals surface area (Å²) in [6, 6.07) is 3.95. The Morgan fingerprint density at radius 2 is 1.71 bits per heavy atom. The van der Waals surface area contributed by atoms with Gasteiger partial charge in [-0.25, -0.2) is 15.0 Å². The van der Waals surface area contributed by atoms with Crippen LogP contribution in [0.2, 0.25) is 0 Å². The second kappa shape index (κ2) is 12.3. The fourth-order valence-electron chi connectivity index (χ4n) is 2.29. The van der Waals surface area contributed by atoms with Crippen molar-refractivity contribution >= 4 is 55.4 Å². The molecule has 0 saturated carbocycles. The van der Waals surface area contributed by atoms with Crippen LogP contribution in [-0.4, -0.2) is 48.2 Å². The third-order valence-corrected chi connectivity index (χ3v) is 3.32. The number of rotatable bonds is 3. The number of anilines is 1. The van der Waals surface area contributed by atoms with Crippen molar-refractivity contribution in [1.29, 1.82) is 0 Å². The summed E-state index contributed by atoms with van der Waals surface area (Å²) in [7, 11) is 1.58. The average Bonchev–Trinajstić information content (AvgIpc) is 2.56. The average molecular weight is 417 g/mol. The summed E-state index contributed by atoms with van der Waals surface area (Å²) in [5.41, 5.74) is 1.82. The molecule has 0 spiro atoms. The van der Waals surface area contributed by atoms with Crippen LogP contribution >= 0.6 is 49.6 Å². The Labute approximate surface area is 166 Å². The standard InChI is InChI=1S/C14H17N5O.4ClH/c1-20-13-10-17-12(9-18-13)11-3-2-4-16-14(11)19-7-5-15-6-8-19;;;;/h2-4,9-10,15H,5-8H2,1H3;4*1H. The molecule has 0 bridgehead atoms. The molecule has 1 fully saturated rings. The number of hydrogen-bond donors (Lipinski definition) is 1. The molecule has 2 aromatic heterocycles. The zero-order chi connectivity index (χ0) is 13.8. The van der Waals surface area contributed by atoms with Gasteiger partial charge in [0.05, 0.1) is 25.2 Å². The van der Waals surface area contributed by atoms with E-state index >= 15 is 0 Å². The largest absolute Gasteiger partial charge is 0.480 e. The van der Waals surface area contributed by atoms with E-state index in [1.165, 1.54) is 0 Å². The van der Waals surface area contributed by atoms with Gasteiger partial charge in [-0.2, -0.15) is 0 Å². The van der Waals surface area contributed by atoms with E-state index in [0.29, 0.717) is 5.88 Å². The Hall–Kier alpha value is -1.05. The molecule has 0 unspecified atom stereocenters. The van der Waals surface area contributed by atoms with Gasteiger partial charge in [0.15, 0.2) is 0 Å². The van der Waals surface area contributed by atoms with Crippen LogP contribution in [-0.2, 0) is 0 Å². The Bertz CT molecular complexity index is 582. The fourth-order valence-corrected chi connectivity index (χ4v) is 2.29. The maximum atomic E-state index is 5.04. The summed E-state index contributed by atoms with van der Waals surface area (Å²) < 4.78 is 5.04. The first-order valence-electron chi connectivity index (χ1n) is 6.65. The van der Waals surface area contributed by atoms with Gasteiger partial charge >= 0.3 is 0 Å². The van der Waals surface area contributed by atoms with Gasteiger partial charge in [0, 0.05) is 37.9 Å². The molecule has 136 valence electrons. The van der Waals surface area contributed by atoms with E-state index in [9.17, 15) is 0 Å². The third kappa shape index (κ3) is 5.79. The van der Waals surface area contributed by atoms with Gasteiger partial charge in [-0.15, -0.1) is 49.6 Å². The van der Waals surface area contributed by atoms with Gasteiger partial charge < -0.3 is 15.0 Å². The zero-order valence-electron chi connectivity index (χ0n) is 13.0. The second-order valence-electron chi connectivity index (χ2n) is 4.56. The first kappa shape index (κ1) is 25.2. The number of nitrogens with zero attached hydrogens (tertiary/aromatic N) is 4. The molecular formula is C14H21Cl4N5O. The number of ether oxygens (including phenoxy) is 1. The Morgan fingerprint density at radius 1 is 1.00 bits per heavy atom. The molecular weight excluding hydrogens is 396 g/mol. The normalized spacial score (nSPS) is 12.6. The second-order valence-corrected chi connectivity index (χ2v) is 4.56. The van der Waals surface area contributed by atoms with Crippen molar-refractivity contribution in [3.8, 4) is 17.1 Å². The van der Waals surface area contributed by atoms with Crippen molar-refractivity contribution in [3.63, 3.8) is 0 Å². The van der Waals surface area contributed by atoms with E-state index in [-0.39, 0.29) is 49.6 Å². The van der Waals surface area contributed by atoms with Crippen LogP contribution in [0.15, 0.2) is 30.7 Å². The van der Waals surface area contributed by atoms with Crippen LogP contribution in [0, 0.1) is 0 Å². The first-order valence-corrected chi connectivity index (χ1v) is 6.65. The number of halogens is 4. The van der Waals surface area contributed by atoms with Gasteiger partial charge in [0.1, 0.15) is 5.82 Å². The minimum Gasteiger partial charge on any atom is -0.480 e. The van der Waals surface area contributed by atoms with Crippen molar-refractivity contribution in [3.05, 3.63) is 30.7 Å². The minimum absolute atomic E-state index is 0. The van der Waals surface area contributed by atoms with E-state index in [2.05, 4.69) is 25.2 Å². The van der Waals surface area contributed by atoms with E-state index in [1.807, 2.05) is 18.3 Å². The molecule has 3 heterocycles. The fraction of sp³-hybridized carbons (Fsp3) is 0.357. The molecule has 6 nitrogen and oxygen atoms in total. The van der Waals surface area contributed by atoms with Crippen molar-refractivity contribution in [1.82, 2.24) is 20.3 Å². The SMILES string of the molecule is COc1cnc(-c2cccnc2N2CCNCC2)cn1.Cl.Cl.Cl.Cl. The van der Waals surface area contributed by atoms with Gasteiger partial charge in [0.2, 0.25) is 5.88 Å². The zero-order valence-corrected chi connectivity index (χ0v) is 16.3. The number of nitrogens with one attached hydrogen (secondary N) is 1. The number of pyridine rings is 1. The molecule has 1 N–H and O–H groups in total. The van der Waals surface area contributed by atoms with E-state index < -0.39 is 0 Å². The van der Waals surface area contributed by atoms with Crippen molar-refractivity contribution in [2.45, 2.75) is 0 Å².